The molecule has 0 aliphatic heterocycles. The maximum atomic E-state index is 12.5. The Bertz CT molecular complexity index is 621. The van der Waals surface area contributed by atoms with Crippen LogP contribution in [0, 0.1) is 0 Å². The minimum atomic E-state index is -4.47. The van der Waals surface area contributed by atoms with Crippen molar-refractivity contribution in [2.24, 2.45) is 0 Å². The SMILES string of the molecule is O=C(O)c1cnoc1COc1cccc(C(F)(F)F)c1. The van der Waals surface area contributed by atoms with E-state index in [0.29, 0.717) is 0 Å². The van der Waals surface area contributed by atoms with Crippen LogP contribution in [-0.2, 0) is 12.8 Å². The second-order valence-corrected chi connectivity index (χ2v) is 3.78. The number of carboxylic acid groups (broad SMARTS) is 1. The molecule has 1 N–H and O–H groups in total. The number of carboxylic acids is 1. The highest BCUT2D eigenvalue weighted by atomic mass is 19.4. The summed E-state index contributed by atoms with van der Waals surface area (Å²) >= 11 is 0. The lowest BCUT2D eigenvalue weighted by atomic mass is 10.2. The Morgan fingerprint density at radius 3 is 2.80 bits per heavy atom. The first-order valence-corrected chi connectivity index (χ1v) is 5.35. The summed E-state index contributed by atoms with van der Waals surface area (Å²) in [6.45, 7) is -0.330. The van der Waals surface area contributed by atoms with Crippen molar-refractivity contribution in [2.75, 3.05) is 0 Å². The number of benzene rings is 1. The van der Waals surface area contributed by atoms with Crippen LogP contribution in [0.1, 0.15) is 21.7 Å². The van der Waals surface area contributed by atoms with Gasteiger partial charge in [-0.05, 0) is 18.2 Å². The summed E-state index contributed by atoms with van der Waals surface area (Å²) in [6.07, 6.45) is -3.48. The summed E-state index contributed by atoms with van der Waals surface area (Å²) in [6, 6.07) is 4.24. The number of ether oxygens (including phenoxy) is 1. The van der Waals surface area contributed by atoms with Gasteiger partial charge in [0, 0.05) is 0 Å². The van der Waals surface area contributed by atoms with Crippen LogP contribution in [0.4, 0.5) is 13.2 Å². The van der Waals surface area contributed by atoms with Crippen LogP contribution in [0.5, 0.6) is 5.75 Å². The number of hydrogen-bond donors (Lipinski definition) is 1. The van der Waals surface area contributed by atoms with Crippen molar-refractivity contribution in [1.29, 1.82) is 0 Å². The highest BCUT2D eigenvalue weighted by Crippen LogP contribution is 2.31. The van der Waals surface area contributed by atoms with Crippen molar-refractivity contribution in [3.63, 3.8) is 0 Å². The first-order valence-electron chi connectivity index (χ1n) is 5.35. The predicted molar refractivity (Wildman–Crippen MR) is 59.2 cm³/mol. The number of nitrogens with zero attached hydrogens (tertiary/aromatic N) is 1. The van der Waals surface area contributed by atoms with Crippen molar-refractivity contribution in [1.82, 2.24) is 5.16 Å². The van der Waals surface area contributed by atoms with E-state index in [4.69, 9.17) is 9.84 Å². The fraction of sp³-hybridized carbons (Fsp3) is 0.167. The number of hydrogen-bond acceptors (Lipinski definition) is 4. The Kier molecular flexibility index (Phi) is 3.64. The third-order valence-electron chi connectivity index (χ3n) is 2.41. The van der Waals surface area contributed by atoms with E-state index in [9.17, 15) is 18.0 Å². The molecule has 0 atom stereocenters. The first-order chi connectivity index (χ1) is 9.38. The van der Waals surface area contributed by atoms with Gasteiger partial charge in [0.25, 0.3) is 0 Å². The standard InChI is InChI=1S/C12H8F3NO4/c13-12(14,15)7-2-1-3-8(4-7)19-6-10-9(11(17)18)5-16-20-10/h1-5H,6H2,(H,17,18). The summed E-state index contributed by atoms with van der Waals surface area (Å²) in [5.74, 6) is -1.38. The molecule has 0 radical (unpaired) electrons. The summed E-state index contributed by atoms with van der Waals surface area (Å²) in [5, 5.41) is 12.1. The lowest BCUT2D eigenvalue weighted by Gasteiger charge is -2.09. The molecule has 106 valence electrons. The van der Waals surface area contributed by atoms with Crippen LogP contribution in [0.2, 0.25) is 0 Å². The second-order valence-electron chi connectivity index (χ2n) is 3.78. The van der Waals surface area contributed by atoms with Gasteiger partial charge in [0.2, 0.25) is 0 Å². The summed E-state index contributed by atoms with van der Waals surface area (Å²) in [7, 11) is 0. The van der Waals surface area contributed by atoms with E-state index < -0.39 is 17.7 Å². The molecule has 0 saturated carbocycles. The number of rotatable bonds is 4. The van der Waals surface area contributed by atoms with Crippen LogP contribution >= 0.6 is 0 Å². The van der Waals surface area contributed by atoms with Crippen molar-refractivity contribution in [3.05, 3.63) is 47.3 Å². The lowest BCUT2D eigenvalue weighted by molar-refractivity contribution is -0.137. The third-order valence-corrected chi connectivity index (χ3v) is 2.41. The average molecular weight is 287 g/mol. The van der Waals surface area contributed by atoms with Crippen LogP contribution in [0.3, 0.4) is 0 Å². The van der Waals surface area contributed by atoms with E-state index in [-0.39, 0.29) is 23.7 Å². The Balaban J connectivity index is 2.11. The molecule has 8 heteroatoms. The topological polar surface area (TPSA) is 72.6 Å². The molecule has 1 aromatic heterocycles. The number of carbonyl (C=O) groups is 1. The van der Waals surface area contributed by atoms with Gasteiger partial charge in [0.1, 0.15) is 17.9 Å². The molecule has 0 fully saturated rings. The fourth-order valence-electron chi connectivity index (χ4n) is 1.45. The van der Waals surface area contributed by atoms with Crippen LogP contribution in [0.15, 0.2) is 35.0 Å². The normalized spacial score (nSPS) is 11.3. The van der Waals surface area contributed by atoms with Gasteiger partial charge in [0.05, 0.1) is 11.8 Å². The van der Waals surface area contributed by atoms with E-state index in [1.807, 2.05) is 0 Å². The molecular weight excluding hydrogens is 279 g/mol. The summed E-state index contributed by atoms with van der Waals surface area (Å²) in [4.78, 5) is 10.8. The van der Waals surface area contributed by atoms with Gasteiger partial charge in [-0.15, -0.1) is 0 Å². The molecule has 0 spiro atoms. The Morgan fingerprint density at radius 2 is 2.15 bits per heavy atom. The van der Waals surface area contributed by atoms with E-state index in [1.165, 1.54) is 12.1 Å². The Labute approximate surface area is 110 Å². The third kappa shape index (κ3) is 3.08. The molecular formula is C12H8F3NO4. The van der Waals surface area contributed by atoms with Gasteiger partial charge in [0.15, 0.2) is 5.76 Å². The van der Waals surface area contributed by atoms with Crippen LogP contribution < -0.4 is 4.74 Å². The van der Waals surface area contributed by atoms with Crippen molar-refractivity contribution in [3.8, 4) is 5.75 Å². The molecule has 1 aromatic carbocycles. The second kappa shape index (κ2) is 5.24. The molecule has 20 heavy (non-hydrogen) atoms. The molecule has 2 aromatic rings. The summed E-state index contributed by atoms with van der Waals surface area (Å²) < 4.78 is 47.2. The molecule has 0 unspecified atom stereocenters. The monoisotopic (exact) mass is 287 g/mol. The molecule has 0 bridgehead atoms. The fourth-order valence-corrected chi connectivity index (χ4v) is 1.45. The number of halogens is 3. The highest BCUT2D eigenvalue weighted by molar-refractivity contribution is 5.88. The maximum absolute atomic E-state index is 12.5. The predicted octanol–water partition coefficient (Wildman–Crippen LogP) is 2.97. The molecule has 5 nitrogen and oxygen atoms in total. The molecule has 0 saturated heterocycles. The molecule has 0 amide bonds. The minimum Gasteiger partial charge on any atom is -0.486 e. The van der Waals surface area contributed by atoms with E-state index in [1.54, 1.807) is 0 Å². The van der Waals surface area contributed by atoms with Gasteiger partial charge >= 0.3 is 12.1 Å². The molecule has 1 heterocycles. The van der Waals surface area contributed by atoms with Crippen molar-refractivity contribution >= 4 is 5.97 Å². The highest BCUT2D eigenvalue weighted by Gasteiger charge is 2.30. The first kappa shape index (κ1) is 13.9. The Morgan fingerprint density at radius 1 is 1.40 bits per heavy atom. The van der Waals surface area contributed by atoms with Gasteiger partial charge < -0.3 is 14.4 Å². The zero-order chi connectivity index (χ0) is 14.8. The number of aromatic nitrogens is 1. The molecule has 0 aliphatic carbocycles. The van der Waals surface area contributed by atoms with Crippen molar-refractivity contribution in [2.45, 2.75) is 12.8 Å². The zero-order valence-corrected chi connectivity index (χ0v) is 9.85. The quantitative estimate of drug-likeness (QED) is 0.935. The number of aromatic carboxylic acids is 1. The van der Waals surface area contributed by atoms with Crippen LogP contribution in [0.25, 0.3) is 0 Å². The van der Waals surface area contributed by atoms with E-state index in [2.05, 4.69) is 9.68 Å². The average Bonchev–Trinajstić information content (AvgIpc) is 2.84. The molecule has 2 rings (SSSR count). The van der Waals surface area contributed by atoms with Crippen LogP contribution in [-0.4, -0.2) is 16.2 Å². The number of alkyl halides is 3. The Hall–Kier alpha value is -2.51. The van der Waals surface area contributed by atoms with Gasteiger partial charge in [-0.3, -0.25) is 0 Å². The van der Waals surface area contributed by atoms with E-state index in [0.717, 1.165) is 18.3 Å². The minimum absolute atomic E-state index is 0.0486. The maximum Gasteiger partial charge on any atom is 0.416 e. The lowest BCUT2D eigenvalue weighted by Crippen LogP contribution is -2.06. The van der Waals surface area contributed by atoms with Gasteiger partial charge in [-0.25, -0.2) is 4.79 Å². The summed E-state index contributed by atoms with van der Waals surface area (Å²) in [5.41, 5.74) is -1.05. The van der Waals surface area contributed by atoms with Crippen molar-refractivity contribution < 1.29 is 32.3 Å². The largest absolute Gasteiger partial charge is 0.486 e. The van der Waals surface area contributed by atoms with Gasteiger partial charge in [-0.2, -0.15) is 13.2 Å². The zero-order valence-electron chi connectivity index (χ0n) is 9.85. The smallest absolute Gasteiger partial charge is 0.416 e. The van der Waals surface area contributed by atoms with Gasteiger partial charge in [-0.1, -0.05) is 11.2 Å². The molecule has 0 aliphatic rings. The van der Waals surface area contributed by atoms with E-state index >= 15 is 0 Å².